The number of anilines is 3. The Labute approximate surface area is 243 Å². The number of para-hydroxylation sites is 1. The maximum Gasteiger partial charge on any atom is 0.407 e. The van der Waals surface area contributed by atoms with Crippen LogP contribution in [0.4, 0.5) is 22.1 Å². The first kappa shape index (κ1) is 30.6. The van der Waals surface area contributed by atoms with E-state index >= 15 is 0 Å². The van der Waals surface area contributed by atoms with Crippen molar-refractivity contribution in [2.45, 2.75) is 26.8 Å². The number of ketones is 1. The predicted octanol–water partition coefficient (Wildman–Crippen LogP) is 4.03. The second-order valence-corrected chi connectivity index (χ2v) is 11.5. The Kier molecular flexibility index (Phi) is 10.2. The number of ether oxygens (including phenoxy) is 1. The fraction of sp³-hybridized carbons (Fsp3) is 0.321. The van der Waals surface area contributed by atoms with Crippen LogP contribution in [0.5, 0.6) is 5.75 Å². The SMILES string of the molecule is CC(=O)[C@H](C)NCOP(=O)(CCNC(=O)OCCN1c2ncccc2C(=O)Nc2c(C)ccnc21)Oc1ccccc1. The van der Waals surface area contributed by atoms with Crippen LogP contribution in [0.1, 0.15) is 29.8 Å². The van der Waals surface area contributed by atoms with E-state index in [1.807, 2.05) is 6.92 Å². The topological polar surface area (TPSA) is 161 Å². The fourth-order valence-corrected chi connectivity index (χ4v) is 5.32. The summed E-state index contributed by atoms with van der Waals surface area (Å²) in [4.78, 5) is 47.4. The lowest BCUT2D eigenvalue weighted by Crippen LogP contribution is -2.34. The van der Waals surface area contributed by atoms with E-state index in [2.05, 4.69) is 25.9 Å². The Balaban J connectivity index is 1.35. The van der Waals surface area contributed by atoms with Crippen molar-refractivity contribution in [3.63, 3.8) is 0 Å². The maximum absolute atomic E-state index is 13.4. The normalized spacial score (nSPS) is 14.4. The monoisotopic (exact) mass is 596 g/mol. The van der Waals surface area contributed by atoms with E-state index in [-0.39, 0.29) is 44.3 Å². The van der Waals surface area contributed by atoms with Crippen molar-refractivity contribution < 1.29 is 32.7 Å². The Morgan fingerprint density at radius 3 is 2.60 bits per heavy atom. The van der Waals surface area contributed by atoms with Crippen LogP contribution in [0.2, 0.25) is 0 Å². The number of pyridine rings is 2. The summed E-state index contributed by atoms with van der Waals surface area (Å²) >= 11 is 0. The highest BCUT2D eigenvalue weighted by Gasteiger charge is 2.29. The molecule has 3 aromatic rings. The zero-order valence-corrected chi connectivity index (χ0v) is 24.4. The lowest BCUT2D eigenvalue weighted by molar-refractivity contribution is -0.118. The number of aromatic nitrogens is 2. The molecule has 0 saturated heterocycles. The first-order valence-corrected chi connectivity index (χ1v) is 15.0. The van der Waals surface area contributed by atoms with Gasteiger partial charge in [0.05, 0.1) is 30.0 Å². The second kappa shape index (κ2) is 14.0. The summed E-state index contributed by atoms with van der Waals surface area (Å²) in [7, 11) is -3.73. The molecular weight excluding hydrogens is 563 g/mol. The van der Waals surface area contributed by atoms with E-state index in [1.165, 1.54) is 6.92 Å². The van der Waals surface area contributed by atoms with Crippen molar-refractivity contribution in [2.24, 2.45) is 0 Å². The number of hydrogen-bond donors (Lipinski definition) is 3. The summed E-state index contributed by atoms with van der Waals surface area (Å²) in [6, 6.07) is 13.1. The molecule has 13 nitrogen and oxygen atoms in total. The molecular formula is C28H33N6O7P. The zero-order valence-electron chi connectivity index (χ0n) is 23.5. The predicted molar refractivity (Wildman–Crippen MR) is 156 cm³/mol. The number of alkyl carbamates (subject to hydrolysis) is 1. The largest absolute Gasteiger partial charge is 0.448 e. The number of benzene rings is 1. The van der Waals surface area contributed by atoms with Crippen LogP contribution in [-0.4, -0.2) is 66.4 Å². The third-order valence-corrected chi connectivity index (χ3v) is 8.15. The third-order valence-electron chi connectivity index (χ3n) is 6.37. The molecule has 0 radical (unpaired) electrons. The molecule has 4 rings (SSSR count). The summed E-state index contributed by atoms with van der Waals surface area (Å²) in [6.45, 7) is 4.80. The minimum absolute atomic E-state index is 0.0629. The average molecular weight is 597 g/mol. The molecule has 0 fully saturated rings. The van der Waals surface area contributed by atoms with E-state index in [4.69, 9.17) is 13.8 Å². The first-order valence-electron chi connectivity index (χ1n) is 13.3. The van der Waals surface area contributed by atoms with Gasteiger partial charge in [-0.1, -0.05) is 18.2 Å². The summed E-state index contributed by atoms with van der Waals surface area (Å²) in [5.74, 6) is 0.797. The molecule has 2 aromatic heterocycles. The number of carbonyl (C=O) groups is 3. The van der Waals surface area contributed by atoms with Crippen LogP contribution in [0.15, 0.2) is 60.9 Å². The van der Waals surface area contributed by atoms with E-state index in [0.717, 1.165) is 5.56 Å². The summed E-state index contributed by atoms with van der Waals surface area (Å²) in [5, 5.41) is 8.28. The molecule has 3 N–H and O–H groups in total. The van der Waals surface area contributed by atoms with Gasteiger partial charge in [0.2, 0.25) is 0 Å². The van der Waals surface area contributed by atoms with Gasteiger partial charge in [0, 0.05) is 18.9 Å². The molecule has 1 aliphatic heterocycles. The standard InChI is InChI=1S/C28H33N6O7P/c1-19-11-13-30-26-24(19)33-27(36)23-10-7-12-29-25(23)34(26)15-16-39-28(37)31-14-17-42(38,40-18-32-20(2)21(3)35)41-22-8-5-4-6-9-22/h4-13,20,32H,14-18H2,1-3H3,(H,31,37)(H,33,36)/t20-,42?/m0/s1. The first-order chi connectivity index (χ1) is 20.2. The number of nitrogens with zero attached hydrogens (tertiary/aromatic N) is 3. The Hall–Kier alpha value is -4.32. The molecule has 0 bridgehead atoms. The Bertz CT molecular complexity index is 1470. The summed E-state index contributed by atoms with van der Waals surface area (Å²) in [6.07, 6.45) is 2.30. The van der Waals surface area contributed by atoms with Crippen LogP contribution < -0.4 is 25.4 Å². The molecule has 0 spiro atoms. The molecule has 0 aliphatic carbocycles. The second-order valence-electron chi connectivity index (χ2n) is 9.42. The molecule has 1 aromatic carbocycles. The van der Waals surface area contributed by atoms with Gasteiger partial charge in [0.1, 0.15) is 30.7 Å². The van der Waals surface area contributed by atoms with Crippen LogP contribution in [0, 0.1) is 6.92 Å². The van der Waals surface area contributed by atoms with Crippen LogP contribution >= 0.6 is 7.60 Å². The number of nitrogens with one attached hydrogen (secondary N) is 3. The van der Waals surface area contributed by atoms with E-state index < -0.39 is 19.7 Å². The lowest BCUT2D eigenvalue weighted by Gasteiger charge is -2.24. The van der Waals surface area contributed by atoms with Gasteiger partial charge >= 0.3 is 13.7 Å². The van der Waals surface area contributed by atoms with Crippen molar-refractivity contribution in [3.05, 3.63) is 72.1 Å². The molecule has 3 heterocycles. The van der Waals surface area contributed by atoms with Gasteiger partial charge in [0.15, 0.2) is 5.82 Å². The van der Waals surface area contributed by atoms with E-state index in [1.54, 1.807) is 72.7 Å². The van der Waals surface area contributed by atoms with Gasteiger partial charge in [0.25, 0.3) is 5.91 Å². The summed E-state index contributed by atoms with van der Waals surface area (Å²) < 4.78 is 30.0. The smallest absolute Gasteiger partial charge is 0.407 e. The molecule has 42 heavy (non-hydrogen) atoms. The molecule has 14 heteroatoms. The van der Waals surface area contributed by atoms with E-state index in [0.29, 0.717) is 28.6 Å². The lowest BCUT2D eigenvalue weighted by atomic mass is 10.2. The van der Waals surface area contributed by atoms with Gasteiger partial charge in [-0.2, -0.15) is 0 Å². The van der Waals surface area contributed by atoms with Gasteiger partial charge in [-0.05, 0) is 56.7 Å². The molecule has 2 amide bonds. The number of amides is 2. The molecule has 1 aliphatic rings. The average Bonchev–Trinajstić information content (AvgIpc) is 3.08. The number of hydrogen-bond acceptors (Lipinski definition) is 11. The van der Waals surface area contributed by atoms with Crippen molar-refractivity contribution in [1.29, 1.82) is 0 Å². The van der Waals surface area contributed by atoms with Crippen molar-refractivity contribution in [2.75, 3.05) is 42.8 Å². The van der Waals surface area contributed by atoms with Gasteiger partial charge in [-0.3, -0.25) is 19.4 Å². The highest BCUT2D eigenvalue weighted by Crippen LogP contribution is 2.47. The van der Waals surface area contributed by atoms with Gasteiger partial charge in [-0.25, -0.2) is 19.3 Å². The highest BCUT2D eigenvalue weighted by molar-refractivity contribution is 7.54. The number of Topliss-reactive ketones (excluding diaryl/α,β-unsaturated/α-hetero) is 1. The third kappa shape index (κ3) is 7.90. The Morgan fingerprint density at radius 1 is 1.07 bits per heavy atom. The van der Waals surface area contributed by atoms with Crippen LogP contribution in [0.3, 0.4) is 0 Å². The number of carbonyl (C=O) groups excluding carboxylic acids is 3. The highest BCUT2D eigenvalue weighted by atomic mass is 31.2. The van der Waals surface area contributed by atoms with Gasteiger partial charge in [-0.15, -0.1) is 0 Å². The molecule has 1 unspecified atom stereocenters. The van der Waals surface area contributed by atoms with Crippen LogP contribution in [0.25, 0.3) is 0 Å². The fourth-order valence-electron chi connectivity index (χ4n) is 3.94. The van der Waals surface area contributed by atoms with Crippen molar-refractivity contribution >= 4 is 42.7 Å². The van der Waals surface area contributed by atoms with Crippen molar-refractivity contribution in [1.82, 2.24) is 20.6 Å². The minimum atomic E-state index is -3.73. The maximum atomic E-state index is 13.4. The zero-order chi connectivity index (χ0) is 30.1. The summed E-state index contributed by atoms with van der Waals surface area (Å²) in [5.41, 5.74) is 1.73. The molecule has 0 saturated carbocycles. The minimum Gasteiger partial charge on any atom is -0.448 e. The van der Waals surface area contributed by atoms with Crippen LogP contribution in [-0.2, 0) is 18.6 Å². The molecule has 2 atom stereocenters. The molecule has 222 valence electrons. The number of aryl methyl sites for hydroxylation is 1. The van der Waals surface area contributed by atoms with Crippen molar-refractivity contribution in [3.8, 4) is 5.75 Å². The number of fused-ring (bicyclic) bond motifs is 2. The van der Waals surface area contributed by atoms with E-state index in [9.17, 15) is 18.9 Å². The number of rotatable bonds is 13. The van der Waals surface area contributed by atoms with Gasteiger partial charge < -0.3 is 24.8 Å². The Morgan fingerprint density at radius 2 is 1.83 bits per heavy atom. The quantitative estimate of drug-likeness (QED) is 0.193.